The first-order chi connectivity index (χ1) is 7.45. The van der Waals surface area contributed by atoms with Crippen LogP contribution in [0.15, 0.2) is 0 Å². The fourth-order valence-corrected chi connectivity index (χ4v) is 5.12. The molecule has 1 N–H and O–H groups in total. The van der Waals surface area contributed by atoms with Gasteiger partial charge in [-0.1, -0.05) is 27.7 Å². The zero-order valence-electron chi connectivity index (χ0n) is 11.3. The summed E-state index contributed by atoms with van der Waals surface area (Å²) in [7, 11) is 1.33. The second kappa shape index (κ2) is 6.15. The Morgan fingerprint density at radius 2 is 1.94 bits per heavy atom. The fraction of sp³-hybridized carbons (Fsp3) is 1.00. The van der Waals surface area contributed by atoms with Gasteiger partial charge in [0.25, 0.3) is 0 Å². The summed E-state index contributed by atoms with van der Waals surface area (Å²) in [4.78, 5) is 0. The predicted molar refractivity (Wildman–Crippen MR) is 72.0 cm³/mol. The first-order valence-electron chi connectivity index (χ1n) is 6.50. The summed E-state index contributed by atoms with van der Waals surface area (Å²) in [6.45, 7) is 8.89. The molecule has 1 saturated carbocycles. The van der Waals surface area contributed by atoms with Gasteiger partial charge in [-0.05, 0) is 37.6 Å². The molecule has 0 radical (unpaired) electrons. The molecule has 0 saturated heterocycles. The Morgan fingerprint density at radius 3 is 2.44 bits per heavy atom. The molecule has 0 aromatic heterocycles. The van der Waals surface area contributed by atoms with E-state index in [1.807, 2.05) is 7.05 Å². The fourth-order valence-electron chi connectivity index (χ4n) is 2.99. The normalized spacial score (nSPS) is 37.6. The minimum absolute atomic E-state index is 0.351. The molecule has 0 aromatic carbocycles. The Hall–Kier alpha value is 0.110. The van der Waals surface area contributed by atoms with Gasteiger partial charge in [-0.25, -0.2) is 0 Å². The van der Waals surface area contributed by atoms with Crippen LogP contribution in [0.3, 0.4) is 0 Å². The van der Waals surface area contributed by atoms with Crippen LogP contribution in [0, 0.1) is 17.8 Å². The van der Waals surface area contributed by atoms with E-state index >= 15 is 0 Å². The first-order valence-corrected chi connectivity index (χ1v) is 7.88. The van der Waals surface area contributed by atoms with Gasteiger partial charge < -0.3 is 5.32 Å². The average molecular weight is 245 g/mol. The lowest BCUT2D eigenvalue weighted by molar-refractivity contribution is 0.253. The molecule has 0 amide bonds. The summed E-state index contributed by atoms with van der Waals surface area (Å²) in [5.41, 5.74) is 0. The van der Waals surface area contributed by atoms with Gasteiger partial charge in [0.2, 0.25) is 0 Å². The summed E-state index contributed by atoms with van der Waals surface area (Å²) in [6.07, 6.45) is 2.40. The van der Waals surface area contributed by atoms with Crippen molar-refractivity contribution in [2.45, 2.75) is 51.8 Å². The van der Waals surface area contributed by atoms with Crippen LogP contribution in [0.2, 0.25) is 0 Å². The Bertz CT molecular complexity index is 242. The molecule has 16 heavy (non-hydrogen) atoms. The number of nitrogens with one attached hydrogen (secondary N) is 1. The predicted octanol–water partition coefficient (Wildman–Crippen LogP) is 2.41. The van der Waals surface area contributed by atoms with Crippen molar-refractivity contribution in [2.24, 2.45) is 17.8 Å². The lowest BCUT2D eigenvalue weighted by atomic mass is 9.80. The van der Waals surface area contributed by atoms with Crippen LogP contribution in [-0.4, -0.2) is 28.3 Å². The molecule has 0 heterocycles. The van der Waals surface area contributed by atoms with Crippen LogP contribution in [0.5, 0.6) is 0 Å². The minimum Gasteiger partial charge on any atom is -0.316 e. The molecular formula is C13H27NOS. The van der Waals surface area contributed by atoms with E-state index in [2.05, 4.69) is 33.0 Å². The standard InChI is InChI=1S/C13H27NOS/c1-9(2)8-16(15)13-11(4)6-10(3)7-12(13)14-5/h9-14H,6-8H2,1-5H3. The summed E-state index contributed by atoms with van der Waals surface area (Å²) < 4.78 is 12.4. The monoisotopic (exact) mass is 245 g/mol. The Balaban J connectivity index is 2.70. The highest BCUT2D eigenvalue weighted by Gasteiger charge is 2.36. The highest BCUT2D eigenvalue weighted by Crippen LogP contribution is 2.32. The third kappa shape index (κ3) is 3.56. The van der Waals surface area contributed by atoms with E-state index < -0.39 is 10.8 Å². The number of hydrogen-bond donors (Lipinski definition) is 1. The van der Waals surface area contributed by atoms with Crippen molar-refractivity contribution in [1.29, 1.82) is 0 Å². The van der Waals surface area contributed by atoms with Crippen molar-refractivity contribution < 1.29 is 4.21 Å². The van der Waals surface area contributed by atoms with E-state index in [1.54, 1.807) is 0 Å². The van der Waals surface area contributed by atoms with Crippen molar-refractivity contribution in [1.82, 2.24) is 5.32 Å². The maximum Gasteiger partial charge on any atom is 0.0526 e. The highest BCUT2D eigenvalue weighted by atomic mass is 32.2. The summed E-state index contributed by atoms with van der Waals surface area (Å²) in [5, 5.41) is 3.73. The lowest BCUT2D eigenvalue weighted by Gasteiger charge is -2.39. The Kier molecular flexibility index (Phi) is 5.45. The molecule has 0 spiro atoms. The zero-order chi connectivity index (χ0) is 12.3. The molecule has 0 bridgehead atoms. The van der Waals surface area contributed by atoms with Gasteiger partial charge in [0.1, 0.15) is 0 Å². The van der Waals surface area contributed by atoms with Gasteiger partial charge in [-0.2, -0.15) is 0 Å². The second-order valence-electron chi connectivity index (χ2n) is 5.85. The lowest BCUT2D eigenvalue weighted by Crippen LogP contribution is -2.49. The molecule has 1 rings (SSSR count). The summed E-state index contributed by atoms with van der Waals surface area (Å²) in [6, 6.07) is 0.443. The largest absolute Gasteiger partial charge is 0.316 e. The highest BCUT2D eigenvalue weighted by molar-refractivity contribution is 7.85. The maximum absolute atomic E-state index is 12.4. The van der Waals surface area contributed by atoms with Crippen molar-refractivity contribution in [2.75, 3.05) is 12.8 Å². The Morgan fingerprint density at radius 1 is 1.31 bits per heavy atom. The summed E-state index contributed by atoms with van der Waals surface area (Å²) in [5.74, 6) is 2.73. The van der Waals surface area contributed by atoms with E-state index in [-0.39, 0.29) is 0 Å². The van der Waals surface area contributed by atoms with Crippen molar-refractivity contribution in [3.8, 4) is 0 Å². The number of rotatable bonds is 4. The second-order valence-corrected chi connectivity index (χ2v) is 7.49. The van der Waals surface area contributed by atoms with Gasteiger partial charge in [-0.3, -0.25) is 4.21 Å². The molecule has 5 atom stereocenters. The SMILES string of the molecule is CNC1CC(C)CC(C)C1S(=O)CC(C)C. The van der Waals surface area contributed by atoms with Gasteiger partial charge in [0.05, 0.1) is 5.25 Å². The molecule has 5 unspecified atom stereocenters. The van der Waals surface area contributed by atoms with Crippen LogP contribution >= 0.6 is 0 Å². The van der Waals surface area contributed by atoms with Gasteiger partial charge in [-0.15, -0.1) is 0 Å². The maximum atomic E-state index is 12.4. The van der Waals surface area contributed by atoms with E-state index in [1.165, 1.54) is 12.8 Å². The molecule has 0 aromatic rings. The van der Waals surface area contributed by atoms with E-state index in [0.717, 1.165) is 11.7 Å². The first kappa shape index (κ1) is 14.2. The van der Waals surface area contributed by atoms with Gasteiger partial charge in [0.15, 0.2) is 0 Å². The van der Waals surface area contributed by atoms with E-state index in [9.17, 15) is 4.21 Å². The molecule has 96 valence electrons. The van der Waals surface area contributed by atoms with Crippen molar-refractivity contribution in [3.63, 3.8) is 0 Å². The molecule has 1 fully saturated rings. The van der Waals surface area contributed by atoms with Gasteiger partial charge in [0, 0.05) is 22.6 Å². The molecule has 3 heteroatoms. The van der Waals surface area contributed by atoms with Crippen LogP contribution in [-0.2, 0) is 10.8 Å². The van der Waals surface area contributed by atoms with Crippen LogP contribution in [0.25, 0.3) is 0 Å². The van der Waals surface area contributed by atoms with Crippen LogP contribution in [0.4, 0.5) is 0 Å². The average Bonchev–Trinajstić information content (AvgIpc) is 2.14. The molecule has 0 aliphatic heterocycles. The minimum atomic E-state index is -0.674. The van der Waals surface area contributed by atoms with Gasteiger partial charge >= 0.3 is 0 Å². The molecule has 2 nitrogen and oxygen atoms in total. The topological polar surface area (TPSA) is 29.1 Å². The molecule has 1 aliphatic rings. The quantitative estimate of drug-likeness (QED) is 0.824. The Labute approximate surface area is 103 Å². The third-order valence-electron chi connectivity index (χ3n) is 3.56. The summed E-state index contributed by atoms with van der Waals surface area (Å²) >= 11 is 0. The molecule has 1 aliphatic carbocycles. The van der Waals surface area contributed by atoms with E-state index in [0.29, 0.717) is 23.1 Å². The van der Waals surface area contributed by atoms with Crippen LogP contribution < -0.4 is 5.32 Å². The molecular weight excluding hydrogens is 218 g/mol. The smallest absolute Gasteiger partial charge is 0.0526 e. The zero-order valence-corrected chi connectivity index (χ0v) is 12.1. The van der Waals surface area contributed by atoms with E-state index in [4.69, 9.17) is 0 Å². The van der Waals surface area contributed by atoms with Crippen molar-refractivity contribution in [3.05, 3.63) is 0 Å². The third-order valence-corrected chi connectivity index (χ3v) is 5.96. The van der Waals surface area contributed by atoms with Crippen LogP contribution in [0.1, 0.15) is 40.5 Å². The van der Waals surface area contributed by atoms with Crippen molar-refractivity contribution >= 4 is 10.8 Å². The number of hydrogen-bond acceptors (Lipinski definition) is 2.